The van der Waals surface area contributed by atoms with E-state index in [9.17, 15) is 10.5 Å². The van der Waals surface area contributed by atoms with Gasteiger partial charge in [-0.15, -0.1) is 0 Å². The topological polar surface area (TPSA) is 96.1 Å². The van der Waals surface area contributed by atoms with E-state index in [0.29, 0.717) is 28.6 Å². The van der Waals surface area contributed by atoms with Crippen molar-refractivity contribution in [3.63, 3.8) is 0 Å². The molecule has 0 aliphatic heterocycles. The van der Waals surface area contributed by atoms with Gasteiger partial charge in [0.05, 0.1) is 50.1 Å². The molecule has 7 aromatic carbocycles. The zero-order valence-electron chi connectivity index (χ0n) is 28.7. The Balaban J connectivity index is 1.40. The van der Waals surface area contributed by atoms with Crippen molar-refractivity contribution in [2.45, 2.75) is 0 Å². The fourth-order valence-corrected chi connectivity index (χ4v) is 7.75. The average Bonchev–Trinajstić information content (AvgIpc) is 3.76. The van der Waals surface area contributed by atoms with Gasteiger partial charge in [0.25, 0.3) is 0 Å². The molecule has 0 radical (unpaired) electrons. The van der Waals surface area contributed by atoms with E-state index in [0.717, 1.165) is 54.7 Å². The Labute approximate surface area is 309 Å². The number of para-hydroxylation sites is 4. The van der Waals surface area contributed by atoms with Crippen molar-refractivity contribution < 1.29 is 0 Å². The van der Waals surface area contributed by atoms with Gasteiger partial charge in [0, 0.05) is 32.7 Å². The summed E-state index contributed by atoms with van der Waals surface area (Å²) in [6, 6.07) is 59.3. The van der Waals surface area contributed by atoms with Crippen LogP contribution in [-0.4, -0.2) is 24.1 Å². The molecule has 0 atom stereocenters. The third-order valence-electron chi connectivity index (χ3n) is 10.1. The van der Waals surface area contributed by atoms with Crippen LogP contribution in [-0.2, 0) is 0 Å². The number of nitrogens with zero attached hydrogens (tertiary/aromatic N) is 7. The number of aromatic nitrogens is 5. The molecule has 0 amide bonds. The second-order valence-corrected chi connectivity index (χ2v) is 13.0. The molecule has 3 heterocycles. The molecule has 10 rings (SSSR count). The second-order valence-electron chi connectivity index (χ2n) is 13.0. The van der Waals surface area contributed by atoms with Gasteiger partial charge in [-0.05, 0) is 30.3 Å². The molecule has 7 heteroatoms. The highest BCUT2D eigenvalue weighted by Crippen LogP contribution is 2.43. The van der Waals surface area contributed by atoms with Gasteiger partial charge in [0.1, 0.15) is 12.1 Å². The molecule has 0 N–H and O–H groups in total. The van der Waals surface area contributed by atoms with E-state index in [1.165, 1.54) is 0 Å². The number of rotatable bonds is 5. The van der Waals surface area contributed by atoms with E-state index >= 15 is 0 Å². The Morgan fingerprint density at radius 2 is 0.796 bits per heavy atom. The van der Waals surface area contributed by atoms with Crippen LogP contribution in [0.5, 0.6) is 0 Å². The quantitative estimate of drug-likeness (QED) is 0.179. The predicted molar refractivity (Wildman–Crippen MR) is 214 cm³/mol. The molecule has 54 heavy (non-hydrogen) atoms. The first-order valence-electron chi connectivity index (χ1n) is 17.6. The molecule has 10 aromatic rings. The van der Waals surface area contributed by atoms with E-state index in [1.807, 2.05) is 115 Å². The van der Waals surface area contributed by atoms with Crippen molar-refractivity contribution in [1.82, 2.24) is 24.1 Å². The Morgan fingerprint density at radius 3 is 1.22 bits per heavy atom. The molecule has 3 aromatic heterocycles. The number of hydrogen-bond acceptors (Lipinski definition) is 5. The minimum absolute atomic E-state index is 0.242. The van der Waals surface area contributed by atoms with E-state index in [1.54, 1.807) is 0 Å². The zero-order chi connectivity index (χ0) is 36.2. The number of nitriles is 2. The van der Waals surface area contributed by atoms with Crippen LogP contribution in [0.4, 0.5) is 0 Å². The lowest BCUT2D eigenvalue weighted by atomic mass is 9.96. The third-order valence-corrected chi connectivity index (χ3v) is 10.1. The normalized spacial score (nSPS) is 11.3. The van der Waals surface area contributed by atoms with Gasteiger partial charge in [-0.25, -0.2) is 15.0 Å². The molecule has 0 fully saturated rings. The maximum Gasteiger partial charge on any atom is 0.166 e. The van der Waals surface area contributed by atoms with Gasteiger partial charge in [0.15, 0.2) is 17.5 Å². The fraction of sp³-hybridized carbons (Fsp3) is 0. The van der Waals surface area contributed by atoms with E-state index in [-0.39, 0.29) is 17.0 Å². The van der Waals surface area contributed by atoms with Crippen molar-refractivity contribution in [3.8, 4) is 57.7 Å². The van der Waals surface area contributed by atoms with Gasteiger partial charge in [-0.2, -0.15) is 10.5 Å². The number of fused-ring (bicyclic) bond motifs is 6. The summed E-state index contributed by atoms with van der Waals surface area (Å²) in [7, 11) is 0. The number of hydrogen-bond donors (Lipinski definition) is 0. The molecule has 0 saturated carbocycles. The monoisotopic (exact) mass is 689 g/mol. The summed E-state index contributed by atoms with van der Waals surface area (Å²) >= 11 is 0. The van der Waals surface area contributed by atoms with Gasteiger partial charge in [-0.3, -0.25) is 0 Å². The minimum atomic E-state index is 0.242. The minimum Gasteiger partial charge on any atom is -0.307 e. The first-order chi connectivity index (χ1) is 26.7. The Morgan fingerprint density at radius 1 is 0.407 bits per heavy atom. The summed E-state index contributed by atoms with van der Waals surface area (Å²) in [5.74, 6) is 1.13. The predicted octanol–water partition coefficient (Wildman–Crippen LogP) is 10.8. The molecule has 7 nitrogen and oxygen atoms in total. The van der Waals surface area contributed by atoms with Gasteiger partial charge >= 0.3 is 0 Å². The van der Waals surface area contributed by atoms with Gasteiger partial charge in [-0.1, -0.05) is 133 Å². The molecular formula is C47H27N7. The maximum atomic E-state index is 11.5. The molecular weight excluding hydrogens is 663 g/mol. The molecule has 0 aliphatic rings. The summed E-state index contributed by atoms with van der Waals surface area (Å²) in [6.45, 7) is 0. The van der Waals surface area contributed by atoms with Crippen LogP contribution in [0.1, 0.15) is 11.1 Å². The van der Waals surface area contributed by atoms with Gasteiger partial charge in [0.2, 0.25) is 0 Å². The van der Waals surface area contributed by atoms with E-state index < -0.39 is 0 Å². The van der Waals surface area contributed by atoms with Crippen molar-refractivity contribution in [3.05, 3.63) is 175 Å². The highest BCUT2D eigenvalue weighted by Gasteiger charge is 2.28. The zero-order valence-corrected chi connectivity index (χ0v) is 28.7. The van der Waals surface area contributed by atoms with Crippen LogP contribution in [0.2, 0.25) is 0 Å². The van der Waals surface area contributed by atoms with Crippen LogP contribution in [0, 0.1) is 22.7 Å². The summed E-state index contributed by atoms with van der Waals surface area (Å²) in [5, 5.41) is 26.8. The molecule has 0 aliphatic carbocycles. The largest absolute Gasteiger partial charge is 0.307 e. The molecule has 250 valence electrons. The van der Waals surface area contributed by atoms with E-state index in [2.05, 4.69) is 69.8 Å². The van der Waals surface area contributed by atoms with Crippen molar-refractivity contribution >= 4 is 43.6 Å². The first kappa shape index (κ1) is 30.9. The lowest BCUT2D eigenvalue weighted by Gasteiger charge is -2.21. The summed E-state index contributed by atoms with van der Waals surface area (Å²) in [6.07, 6.45) is 0. The molecule has 0 saturated heterocycles. The van der Waals surface area contributed by atoms with Crippen LogP contribution >= 0.6 is 0 Å². The highest BCUT2D eigenvalue weighted by atomic mass is 15.1. The van der Waals surface area contributed by atoms with Gasteiger partial charge < -0.3 is 9.13 Å². The van der Waals surface area contributed by atoms with Crippen LogP contribution in [0.25, 0.3) is 89.2 Å². The number of benzene rings is 7. The Kier molecular flexibility index (Phi) is 7.11. The van der Waals surface area contributed by atoms with Crippen LogP contribution in [0.15, 0.2) is 164 Å². The van der Waals surface area contributed by atoms with Crippen molar-refractivity contribution in [2.75, 3.05) is 0 Å². The van der Waals surface area contributed by atoms with E-state index in [4.69, 9.17) is 15.0 Å². The summed E-state index contributed by atoms with van der Waals surface area (Å²) in [5.41, 5.74) is 7.57. The fourth-order valence-electron chi connectivity index (χ4n) is 7.75. The third kappa shape index (κ3) is 4.70. The summed E-state index contributed by atoms with van der Waals surface area (Å²) < 4.78 is 4.33. The molecule has 0 spiro atoms. The smallest absolute Gasteiger partial charge is 0.166 e. The lowest BCUT2D eigenvalue weighted by Crippen LogP contribution is -2.10. The lowest BCUT2D eigenvalue weighted by molar-refractivity contribution is 1.06. The standard InChI is InChI=1S/C47H27N7/c48-28-32-27-42(53-38-23-11-7-19-33(38)34-20-8-12-24-39(34)53)44(54-40-25-13-9-21-35(40)36-22-10-14-26-41(36)54)37(29-49)43(32)47-51-45(30-15-3-1-4-16-30)50-46(52-47)31-17-5-2-6-18-31/h1-27H. The highest BCUT2D eigenvalue weighted by molar-refractivity contribution is 6.12. The average molecular weight is 690 g/mol. The Hall–Kier alpha value is -7.87. The maximum absolute atomic E-state index is 11.5. The SMILES string of the molecule is N#Cc1cc(-n2c3ccccc3c3ccccc32)c(-n2c3ccccc3c3ccccc32)c(C#N)c1-c1nc(-c2ccccc2)nc(-c2ccccc2)n1. The Bertz CT molecular complexity index is 3020. The molecule has 0 bridgehead atoms. The van der Waals surface area contributed by atoms with Crippen LogP contribution in [0.3, 0.4) is 0 Å². The van der Waals surface area contributed by atoms with Crippen LogP contribution < -0.4 is 0 Å². The van der Waals surface area contributed by atoms with Crippen molar-refractivity contribution in [1.29, 1.82) is 10.5 Å². The van der Waals surface area contributed by atoms with Crippen molar-refractivity contribution in [2.24, 2.45) is 0 Å². The second kappa shape index (κ2) is 12.4. The summed E-state index contributed by atoms with van der Waals surface area (Å²) in [4.78, 5) is 14.9. The first-order valence-corrected chi connectivity index (χ1v) is 17.6. The molecule has 0 unspecified atom stereocenters.